The molecule has 1 aromatic carbocycles. The summed E-state index contributed by atoms with van der Waals surface area (Å²) in [5.41, 5.74) is 0.970. The fourth-order valence-corrected chi connectivity index (χ4v) is 2.62. The van der Waals surface area contributed by atoms with Crippen LogP contribution in [-0.2, 0) is 16.0 Å². The van der Waals surface area contributed by atoms with E-state index in [9.17, 15) is 4.79 Å². The van der Waals surface area contributed by atoms with Gasteiger partial charge in [0.05, 0.1) is 29.8 Å². The Labute approximate surface area is 110 Å². The first kappa shape index (κ1) is 13.1. The second-order valence-corrected chi connectivity index (χ2v) is 5.08. The highest BCUT2D eigenvalue weighted by molar-refractivity contribution is 7.18. The Kier molecular flexibility index (Phi) is 4.81. The zero-order valence-corrected chi connectivity index (χ0v) is 11.1. The van der Waals surface area contributed by atoms with Crippen molar-refractivity contribution in [2.24, 2.45) is 0 Å². The normalized spacial score (nSPS) is 10.9. The second-order valence-electron chi connectivity index (χ2n) is 3.96. The molecule has 0 radical (unpaired) electrons. The van der Waals surface area contributed by atoms with E-state index < -0.39 is 0 Å². The quantitative estimate of drug-likeness (QED) is 0.773. The van der Waals surface area contributed by atoms with Crippen LogP contribution in [0, 0.1) is 0 Å². The molecule has 1 heterocycles. The number of rotatable bonds is 7. The van der Waals surface area contributed by atoms with Gasteiger partial charge in [0.1, 0.15) is 5.01 Å². The molecule has 96 valence electrons. The number of thiazole rings is 1. The Morgan fingerprint density at radius 1 is 1.44 bits per heavy atom. The van der Waals surface area contributed by atoms with Crippen LogP contribution in [-0.4, -0.2) is 37.6 Å². The van der Waals surface area contributed by atoms with Crippen LogP contribution in [0.1, 0.15) is 5.01 Å². The van der Waals surface area contributed by atoms with E-state index in [0.29, 0.717) is 26.1 Å². The third kappa shape index (κ3) is 3.60. The fraction of sp³-hybridized carbons (Fsp3) is 0.385. The molecule has 0 atom stereocenters. The minimum absolute atomic E-state index is 0.158. The van der Waals surface area contributed by atoms with Gasteiger partial charge in [-0.05, 0) is 12.1 Å². The molecule has 0 unspecified atom stereocenters. The number of ether oxygens (including phenoxy) is 1. The molecule has 0 aliphatic heterocycles. The van der Waals surface area contributed by atoms with Crippen molar-refractivity contribution in [3.05, 3.63) is 29.3 Å². The maximum atomic E-state index is 11.7. The van der Waals surface area contributed by atoms with E-state index in [1.165, 1.54) is 0 Å². The molecule has 0 aliphatic carbocycles. The summed E-state index contributed by atoms with van der Waals surface area (Å²) in [4.78, 5) is 16.2. The minimum Gasteiger partial charge on any atom is -0.383 e. The lowest BCUT2D eigenvalue weighted by molar-refractivity contribution is -0.117. The number of carbonyl (C=O) groups is 1. The number of fused-ring (bicyclic) bond motifs is 1. The molecule has 5 heteroatoms. The molecule has 2 rings (SSSR count). The van der Waals surface area contributed by atoms with E-state index in [1.807, 2.05) is 24.3 Å². The van der Waals surface area contributed by atoms with Crippen LogP contribution in [0.4, 0.5) is 0 Å². The molecule has 18 heavy (non-hydrogen) atoms. The van der Waals surface area contributed by atoms with E-state index in [0.717, 1.165) is 15.2 Å². The van der Waals surface area contributed by atoms with Crippen molar-refractivity contribution in [2.45, 2.75) is 6.42 Å². The van der Waals surface area contributed by atoms with Gasteiger partial charge in [0.15, 0.2) is 5.78 Å². The van der Waals surface area contributed by atoms with Gasteiger partial charge in [-0.25, -0.2) is 4.98 Å². The van der Waals surface area contributed by atoms with Crippen molar-refractivity contribution in [3.8, 4) is 0 Å². The van der Waals surface area contributed by atoms with Gasteiger partial charge in [-0.3, -0.25) is 4.79 Å². The lowest BCUT2D eigenvalue weighted by Crippen LogP contribution is -2.27. The van der Waals surface area contributed by atoms with Crippen molar-refractivity contribution >= 4 is 27.3 Å². The molecule has 0 saturated carbocycles. The number of hydrogen-bond acceptors (Lipinski definition) is 5. The van der Waals surface area contributed by atoms with Crippen LogP contribution in [0.15, 0.2) is 24.3 Å². The van der Waals surface area contributed by atoms with Crippen molar-refractivity contribution in [1.29, 1.82) is 0 Å². The minimum atomic E-state index is 0.158. The van der Waals surface area contributed by atoms with E-state index in [2.05, 4.69) is 10.3 Å². The summed E-state index contributed by atoms with van der Waals surface area (Å²) in [6.07, 6.45) is 0.402. The van der Waals surface area contributed by atoms with Gasteiger partial charge in [-0.15, -0.1) is 11.3 Å². The highest BCUT2D eigenvalue weighted by Crippen LogP contribution is 2.21. The zero-order chi connectivity index (χ0) is 12.8. The molecule has 0 amide bonds. The van der Waals surface area contributed by atoms with Crippen LogP contribution >= 0.6 is 11.3 Å². The highest BCUT2D eigenvalue weighted by Gasteiger charge is 2.08. The number of Topliss-reactive ketones (excluding diaryl/α,β-unsaturated/α-hetero) is 1. The Bertz CT molecular complexity index is 491. The number of nitrogens with one attached hydrogen (secondary N) is 1. The number of methoxy groups -OCH3 is 1. The van der Waals surface area contributed by atoms with Gasteiger partial charge in [-0.2, -0.15) is 0 Å². The van der Waals surface area contributed by atoms with Gasteiger partial charge >= 0.3 is 0 Å². The molecule has 2 aromatic rings. The largest absolute Gasteiger partial charge is 0.383 e. The average Bonchev–Trinajstić information content (AvgIpc) is 2.76. The average molecular weight is 264 g/mol. The van der Waals surface area contributed by atoms with E-state index in [-0.39, 0.29) is 5.78 Å². The van der Waals surface area contributed by atoms with Crippen LogP contribution < -0.4 is 5.32 Å². The highest BCUT2D eigenvalue weighted by atomic mass is 32.1. The number of aromatic nitrogens is 1. The number of hydrogen-bond donors (Lipinski definition) is 1. The predicted molar refractivity (Wildman–Crippen MR) is 73.1 cm³/mol. The Balaban J connectivity index is 1.86. The van der Waals surface area contributed by atoms with Gasteiger partial charge < -0.3 is 10.1 Å². The summed E-state index contributed by atoms with van der Waals surface area (Å²) in [5.74, 6) is 0.158. The van der Waals surface area contributed by atoms with Crippen LogP contribution in [0.25, 0.3) is 10.2 Å². The van der Waals surface area contributed by atoms with Crippen LogP contribution in [0.2, 0.25) is 0 Å². The van der Waals surface area contributed by atoms with Crippen molar-refractivity contribution in [1.82, 2.24) is 10.3 Å². The van der Waals surface area contributed by atoms with E-state index in [4.69, 9.17) is 4.74 Å². The third-order valence-electron chi connectivity index (χ3n) is 2.49. The topological polar surface area (TPSA) is 51.2 Å². The molecule has 0 bridgehead atoms. The molecule has 0 aliphatic rings. The summed E-state index contributed by atoms with van der Waals surface area (Å²) in [6, 6.07) is 7.94. The molecule has 0 saturated heterocycles. The van der Waals surface area contributed by atoms with E-state index >= 15 is 0 Å². The number of benzene rings is 1. The smallest absolute Gasteiger partial charge is 0.153 e. The summed E-state index contributed by atoms with van der Waals surface area (Å²) >= 11 is 1.58. The summed E-state index contributed by atoms with van der Waals surface area (Å²) in [5, 5.41) is 3.93. The maximum Gasteiger partial charge on any atom is 0.153 e. The number of ketones is 1. The number of carbonyl (C=O) groups excluding carboxylic acids is 1. The molecular formula is C13H16N2O2S. The zero-order valence-electron chi connectivity index (χ0n) is 10.3. The first-order valence-corrected chi connectivity index (χ1v) is 6.67. The summed E-state index contributed by atoms with van der Waals surface area (Å²) in [7, 11) is 1.64. The first-order valence-electron chi connectivity index (χ1n) is 5.85. The van der Waals surface area contributed by atoms with Crippen LogP contribution in [0.5, 0.6) is 0 Å². The Morgan fingerprint density at radius 2 is 2.28 bits per heavy atom. The molecule has 1 N–H and O–H groups in total. The monoisotopic (exact) mass is 264 g/mol. The molecule has 1 aromatic heterocycles. The van der Waals surface area contributed by atoms with Crippen molar-refractivity contribution < 1.29 is 9.53 Å². The van der Waals surface area contributed by atoms with E-state index in [1.54, 1.807) is 18.4 Å². The van der Waals surface area contributed by atoms with Gasteiger partial charge in [0.2, 0.25) is 0 Å². The van der Waals surface area contributed by atoms with Gasteiger partial charge in [0.25, 0.3) is 0 Å². The number of para-hydroxylation sites is 1. The standard InChI is InChI=1S/C13H16N2O2S/c1-17-7-6-14-9-10(16)8-13-15-11-4-2-3-5-12(11)18-13/h2-5,14H,6-9H2,1H3. The van der Waals surface area contributed by atoms with Crippen molar-refractivity contribution in [2.75, 3.05) is 26.8 Å². The van der Waals surface area contributed by atoms with Gasteiger partial charge in [0, 0.05) is 13.7 Å². The lowest BCUT2D eigenvalue weighted by atomic mass is 10.3. The molecular weight excluding hydrogens is 248 g/mol. The molecule has 0 spiro atoms. The SMILES string of the molecule is COCCNCC(=O)Cc1nc2ccccc2s1. The lowest BCUT2D eigenvalue weighted by Gasteiger charge is -2.01. The second kappa shape index (κ2) is 6.58. The Morgan fingerprint density at radius 3 is 3.06 bits per heavy atom. The first-order chi connectivity index (χ1) is 8.79. The fourth-order valence-electron chi connectivity index (χ4n) is 1.63. The number of nitrogens with zero attached hydrogens (tertiary/aromatic N) is 1. The molecule has 0 fully saturated rings. The molecule has 4 nitrogen and oxygen atoms in total. The van der Waals surface area contributed by atoms with Gasteiger partial charge in [-0.1, -0.05) is 12.1 Å². The summed E-state index contributed by atoms with van der Waals surface area (Å²) in [6.45, 7) is 1.69. The van der Waals surface area contributed by atoms with Crippen LogP contribution in [0.3, 0.4) is 0 Å². The maximum absolute atomic E-state index is 11.7. The summed E-state index contributed by atoms with van der Waals surface area (Å²) < 4.78 is 6.03. The third-order valence-corrected chi connectivity index (χ3v) is 3.53. The van der Waals surface area contributed by atoms with Crippen molar-refractivity contribution in [3.63, 3.8) is 0 Å². The Hall–Kier alpha value is -1.30. The predicted octanol–water partition coefficient (Wildman–Crippen LogP) is 1.64.